The van der Waals surface area contributed by atoms with Gasteiger partial charge in [-0.3, -0.25) is 9.63 Å². The Balaban J connectivity index is 2.15. The first kappa shape index (κ1) is 20.7. The molecule has 0 aromatic heterocycles. The van der Waals surface area contributed by atoms with Gasteiger partial charge in [-0.05, 0) is 64.7 Å². The second-order valence-electron chi connectivity index (χ2n) is 8.36. The van der Waals surface area contributed by atoms with Crippen LogP contribution in [0.4, 0.5) is 0 Å². The number of carbonyl (C=O) groups excluding carboxylic acids is 1. The zero-order valence-corrected chi connectivity index (χ0v) is 17.0. The lowest BCUT2D eigenvalue weighted by molar-refractivity contribution is -0.308. The Kier molecular flexibility index (Phi) is 6.69. The van der Waals surface area contributed by atoms with Crippen molar-refractivity contribution in [1.29, 1.82) is 0 Å². The molecule has 0 bridgehead atoms. The van der Waals surface area contributed by atoms with E-state index in [0.29, 0.717) is 6.42 Å². The molecule has 146 valence electrons. The molecule has 0 amide bonds. The van der Waals surface area contributed by atoms with Crippen LogP contribution in [-0.4, -0.2) is 41.9 Å². The van der Waals surface area contributed by atoms with Crippen LogP contribution in [0, 0.1) is 0 Å². The van der Waals surface area contributed by atoms with E-state index in [9.17, 15) is 4.79 Å². The largest absolute Gasteiger partial charge is 0.497 e. The van der Waals surface area contributed by atoms with Gasteiger partial charge in [0.05, 0.1) is 7.11 Å². The van der Waals surface area contributed by atoms with Gasteiger partial charge in [0.15, 0.2) is 0 Å². The van der Waals surface area contributed by atoms with Crippen LogP contribution in [0.2, 0.25) is 0 Å². The maximum Gasteiger partial charge on any atom is 0.302 e. The molecule has 0 spiro atoms. The molecule has 0 radical (unpaired) electrons. The molecule has 1 aliphatic rings. The number of benzene rings is 1. The Hall–Kier alpha value is -1.59. The fraction of sp³-hybridized carbons (Fsp3) is 0.667. The summed E-state index contributed by atoms with van der Waals surface area (Å²) >= 11 is 0. The third-order valence-electron chi connectivity index (χ3n) is 5.03. The summed E-state index contributed by atoms with van der Waals surface area (Å²) in [5, 5.41) is 2.13. The minimum atomic E-state index is -0.287. The highest BCUT2D eigenvalue weighted by Gasteiger charge is 2.43. The van der Waals surface area contributed by atoms with Crippen LogP contribution in [0.15, 0.2) is 24.3 Å². The highest BCUT2D eigenvalue weighted by atomic mass is 16.7. The summed E-state index contributed by atoms with van der Waals surface area (Å²) in [6.07, 6.45) is 3.79. The maximum absolute atomic E-state index is 11.3. The van der Waals surface area contributed by atoms with E-state index in [1.54, 1.807) is 7.11 Å². The number of nitrogens with zero attached hydrogens (tertiary/aromatic N) is 1. The van der Waals surface area contributed by atoms with Gasteiger partial charge in [0.1, 0.15) is 18.5 Å². The number of hydrogen-bond acceptors (Lipinski definition) is 5. The van der Waals surface area contributed by atoms with E-state index < -0.39 is 0 Å². The van der Waals surface area contributed by atoms with Crippen molar-refractivity contribution in [3.63, 3.8) is 0 Å². The Morgan fingerprint density at radius 3 is 2.19 bits per heavy atom. The Labute approximate surface area is 157 Å². The van der Waals surface area contributed by atoms with Crippen molar-refractivity contribution in [1.82, 2.24) is 5.06 Å². The number of methoxy groups -OCH3 is 1. The van der Waals surface area contributed by atoms with Crippen LogP contribution in [0.5, 0.6) is 5.75 Å². The molecule has 1 aromatic rings. The van der Waals surface area contributed by atoms with Crippen LogP contribution in [0.3, 0.4) is 0 Å². The summed E-state index contributed by atoms with van der Waals surface area (Å²) in [5.74, 6) is 0.537. The molecule has 0 saturated carbocycles. The van der Waals surface area contributed by atoms with Crippen LogP contribution >= 0.6 is 0 Å². The Morgan fingerprint density at radius 1 is 1.12 bits per heavy atom. The molecule has 1 fully saturated rings. The Bertz CT molecular complexity index is 579. The molecule has 5 heteroatoms. The van der Waals surface area contributed by atoms with E-state index in [1.165, 1.54) is 13.3 Å². The standard InChI is InChI=1S/C21H33NO4/c1-16(23)25-15-19(14-17-8-10-18(24-6)11-9-17)26-22-20(2,3)12-7-13-21(22,4)5/h8-11,19H,7,12-15H2,1-6H3. The van der Waals surface area contributed by atoms with E-state index >= 15 is 0 Å². The van der Waals surface area contributed by atoms with Crippen molar-refractivity contribution in [3.05, 3.63) is 29.8 Å². The third-order valence-corrected chi connectivity index (χ3v) is 5.03. The molecular formula is C21H33NO4. The van der Waals surface area contributed by atoms with Crippen molar-refractivity contribution in [3.8, 4) is 5.75 Å². The summed E-state index contributed by atoms with van der Waals surface area (Å²) in [4.78, 5) is 17.8. The summed E-state index contributed by atoms with van der Waals surface area (Å²) in [7, 11) is 1.65. The second-order valence-corrected chi connectivity index (χ2v) is 8.36. The first-order chi connectivity index (χ1) is 12.1. The summed E-state index contributed by atoms with van der Waals surface area (Å²) in [5.41, 5.74) is 1.00. The second kappa shape index (κ2) is 8.40. The summed E-state index contributed by atoms with van der Waals surface area (Å²) < 4.78 is 10.5. The van der Waals surface area contributed by atoms with E-state index in [0.717, 1.165) is 24.2 Å². The smallest absolute Gasteiger partial charge is 0.302 e. The topological polar surface area (TPSA) is 48.0 Å². The molecule has 1 aliphatic heterocycles. The van der Waals surface area contributed by atoms with Gasteiger partial charge in [-0.25, -0.2) is 0 Å². The first-order valence-electron chi connectivity index (χ1n) is 9.37. The van der Waals surface area contributed by atoms with Crippen molar-refractivity contribution >= 4 is 5.97 Å². The highest BCUT2D eigenvalue weighted by Crippen LogP contribution is 2.39. The predicted molar refractivity (Wildman–Crippen MR) is 102 cm³/mol. The number of carbonyl (C=O) groups is 1. The average Bonchev–Trinajstić information content (AvgIpc) is 2.56. The molecular weight excluding hydrogens is 330 g/mol. The molecule has 1 heterocycles. The minimum absolute atomic E-state index is 0.0594. The SMILES string of the molecule is COc1ccc(CC(COC(C)=O)ON2C(C)(C)CCCC2(C)C)cc1. The number of hydrogen-bond donors (Lipinski definition) is 0. The van der Waals surface area contributed by atoms with Crippen molar-refractivity contribution in [2.75, 3.05) is 13.7 Å². The fourth-order valence-corrected chi connectivity index (χ4v) is 3.77. The molecule has 1 aromatic carbocycles. The fourth-order valence-electron chi connectivity index (χ4n) is 3.77. The van der Waals surface area contributed by atoms with Crippen LogP contribution < -0.4 is 4.74 Å². The molecule has 5 nitrogen and oxygen atoms in total. The monoisotopic (exact) mass is 363 g/mol. The third kappa shape index (κ3) is 5.45. The maximum atomic E-state index is 11.3. The van der Waals surface area contributed by atoms with Gasteiger partial charge in [-0.15, -0.1) is 0 Å². The lowest BCUT2D eigenvalue weighted by Crippen LogP contribution is -2.59. The number of rotatable bonds is 7. The Morgan fingerprint density at radius 2 is 1.69 bits per heavy atom. The zero-order chi connectivity index (χ0) is 19.4. The van der Waals surface area contributed by atoms with Gasteiger partial charge >= 0.3 is 5.97 Å². The molecule has 26 heavy (non-hydrogen) atoms. The average molecular weight is 363 g/mol. The molecule has 1 unspecified atom stereocenters. The van der Waals surface area contributed by atoms with Gasteiger partial charge in [-0.2, -0.15) is 5.06 Å². The highest BCUT2D eigenvalue weighted by molar-refractivity contribution is 5.65. The van der Waals surface area contributed by atoms with Gasteiger partial charge in [0, 0.05) is 24.4 Å². The quantitative estimate of drug-likeness (QED) is 0.681. The van der Waals surface area contributed by atoms with Crippen LogP contribution in [0.1, 0.15) is 59.4 Å². The molecule has 1 saturated heterocycles. The summed E-state index contributed by atoms with van der Waals surface area (Å²) in [6.45, 7) is 10.5. The number of ether oxygens (including phenoxy) is 2. The zero-order valence-electron chi connectivity index (χ0n) is 17.0. The molecule has 2 rings (SSSR count). The number of esters is 1. The van der Waals surface area contributed by atoms with Gasteiger partial charge in [0.25, 0.3) is 0 Å². The van der Waals surface area contributed by atoms with E-state index in [1.807, 2.05) is 24.3 Å². The van der Waals surface area contributed by atoms with Gasteiger partial charge < -0.3 is 9.47 Å². The molecule has 0 aliphatic carbocycles. The lowest BCUT2D eigenvalue weighted by atomic mass is 9.82. The van der Waals surface area contributed by atoms with Gasteiger partial charge in [-0.1, -0.05) is 12.1 Å². The first-order valence-corrected chi connectivity index (χ1v) is 9.37. The van der Waals surface area contributed by atoms with Crippen molar-refractivity contribution < 1.29 is 19.1 Å². The summed E-state index contributed by atoms with van der Waals surface area (Å²) in [6, 6.07) is 7.92. The normalized spacial score (nSPS) is 20.4. The minimum Gasteiger partial charge on any atom is -0.497 e. The van der Waals surface area contributed by atoms with Crippen LogP contribution in [0.25, 0.3) is 0 Å². The molecule has 1 atom stereocenters. The van der Waals surface area contributed by atoms with E-state index in [4.69, 9.17) is 14.3 Å². The van der Waals surface area contributed by atoms with Crippen LogP contribution in [-0.2, 0) is 20.8 Å². The predicted octanol–water partition coefficient (Wildman–Crippen LogP) is 4.14. The van der Waals surface area contributed by atoms with E-state index in [-0.39, 0.29) is 29.8 Å². The van der Waals surface area contributed by atoms with Crippen molar-refractivity contribution in [2.45, 2.75) is 77.5 Å². The van der Waals surface area contributed by atoms with Crippen molar-refractivity contribution in [2.24, 2.45) is 0 Å². The van der Waals surface area contributed by atoms with E-state index in [2.05, 4.69) is 32.8 Å². The van der Waals surface area contributed by atoms with Gasteiger partial charge in [0.2, 0.25) is 0 Å². The number of piperidine rings is 1. The molecule has 0 N–H and O–H groups in total. The lowest BCUT2D eigenvalue weighted by Gasteiger charge is -2.52. The number of hydroxylamine groups is 2.